The Bertz CT molecular complexity index is 1390. The van der Waals surface area contributed by atoms with Gasteiger partial charge in [-0.1, -0.05) is 12.1 Å². The van der Waals surface area contributed by atoms with Gasteiger partial charge < -0.3 is 33.6 Å². The van der Waals surface area contributed by atoms with Gasteiger partial charge in [-0.3, -0.25) is 4.79 Å². The van der Waals surface area contributed by atoms with Crippen LogP contribution in [0.5, 0.6) is 28.7 Å². The van der Waals surface area contributed by atoms with Gasteiger partial charge in [-0.05, 0) is 30.3 Å². The summed E-state index contributed by atoms with van der Waals surface area (Å²) >= 11 is 0. The highest BCUT2D eigenvalue weighted by Gasteiger charge is 2.37. The van der Waals surface area contributed by atoms with Crippen molar-refractivity contribution in [3.05, 3.63) is 64.3 Å². The Morgan fingerprint density at radius 2 is 1.78 bits per heavy atom. The maximum Gasteiger partial charge on any atom is 0.209 e. The van der Waals surface area contributed by atoms with Crippen LogP contribution in [0, 0.1) is 0 Å². The third-order valence-electron chi connectivity index (χ3n) is 5.47. The molecule has 8 nitrogen and oxygen atoms in total. The van der Waals surface area contributed by atoms with Gasteiger partial charge in [0, 0.05) is 11.6 Å². The molecule has 1 aliphatic heterocycles. The Morgan fingerprint density at radius 1 is 0.969 bits per heavy atom. The van der Waals surface area contributed by atoms with Gasteiger partial charge in [-0.15, -0.1) is 0 Å². The molecule has 8 heteroatoms. The summed E-state index contributed by atoms with van der Waals surface area (Å²) in [6.07, 6.45) is -1.63. The van der Waals surface area contributed by atoms with Gasteiger partial charge in [0.15, 0.2) is 23.5 Å². The van der Waals surface area contributed by atoms with Crippen molar-refractivity contribution in [2.24, 2.45) is 0 Å². The average molecular weight is 436 g/mol. The zero-order valence-corrected chi connectivity index (χ0v) is 17.3. The molecule has 4 aromatic rings. The average Bonchev–Trinajstić information content (AvgIpc) is 2.82. The minimum absolute atomic E-state index is 0.0200. The molecule has 3 aromatic carbocycles. The fourth-order valence-electron chi connectivity index (χ4n) is 3.96. The van der Waals surface area contributed by atoms with E-state index in [1.807, 2.05) is 0 Å². The van der Waals surface area contributed by atoms with E-state index < -0.39 is 18.8 Å². The Labute approximate surface area is 182 Å². The molecule has 0 saturated carbocycles. The lowest BCUT2D eigenvalue weighted by atomic mass is 10.0. The van der Waals surface area contributed by atoms with Crippen LogP contribution in [0.25, 0.3) is 21.9 Å². The smallest absolute Gasteiger partial charge is 0.209 e. The maximum absolute atomic E-state index is 13.1. The zero-order chi connectivity index (χ0) is 22.4. The van der Waals surface area contributed by atoms with E-state index in [2.05, 4.69) is 0 Å². The van der Waals surface area contributed by atoms with Gasteiger partial charge in [-0.25, -0.2) is 0 Å². The van der Waals surface area contributed by atoms with Crippen molar-refractivity contribution in [2.75, 3.05) is 20.8 Å². The highest BCUT2D eigenvalue weighted by atomic mass is 16.6. The summed E-state index contributed by atoms with van der Waals surface area (Å²) in [4.78, 5) is 13.1. The summed E-state index contributed by atoms with van der Waals surface area (Å²) in [5, 5.41) is 20.8. The molecule has 5 rings (SSSR count). The third-order valence-corrected chi connectivity index (χ3v) is 5.47. The number of methoxy groups -OCH3 is 2. The van der Waals surface area contributed by atoms with Gasteiger partial charge in [0.1, 0.15) is 17.1 Å². The Hall–Kier alpha value is -3.91. The van der Waals surface area contributed by atoms with Gasteiger partial charge in [-0.2, -0.15) is 0 Å². The van der Waals surface area contributed by atoms with Crippen molar-refractivity contribution < 1.29 is 33.6 Å². The first-order valence-electron chi connectivity index (χ1n) is 9.92. The van der Waals surface area contributed by atoms with E-state index in [0.29, 0.717) is 22.3 Å². The van der Waals surface area contributed by atoms with Crippen LogP contribution in [0.2, 0.25) is 0 Å². The number of ether oxygens (including phenoxy) is 4. The van der Waals surface area contributed by atoms with E-state index >= 15 is 0 Å². The van der Waals surface area contributed by atoms with Crippen molar-refractivity contribution in [2.45, 2.75) is 12.2 Å². The molecule has 2 heterocycles. The summed E-state index contributed by atoms with van der Waals surface area (Å²) in [6, 6.07) is 13.1. The predicted octanol–water partition coefficient (Wildman–Crippen LogP) is 3.54. The van der Waals surface area contributed by atoms with Crippen LogP contribution in [0.1, 0.15) is 11.7 Å². The predicted molar refractivity (Wildman–Crippen MR) is 116 cm³/mol. The van der Waals surface area contributed by atoms with Crippen molar-refractivity contribution in [3.63, 3.8) is 0 Å². The largest absolute Gasteiger partial charge is 0.508 e. The molecule has 0 spiro atoms. The first kappa shape index (κ1) is 20.0. The van der Waals surface area contributed by atoms with Gasteiger partial charge in [0.25, 0.3) is 0 Å². The maximum atomic E-state index is 13.1. The molecule has 2 unspecified atom stereocenters. The Morgan fingerprint density at radius 3 is 2.53 bits per heavy atom. The molecule has 0 bridgehead atoms. The lowest BCUT2D eigenvalue weighted by Gasteiger charge is -2.34. The number of hydrogen-bond acceptors (Lipinski definition) is 8. The van der Waals surface area contributed by atoms with Gasteiger partial charge in [0.05, 0.1) is 31.6 Å². The van der Waals surface area contributed by atoms with Crippen LogP contribution < -0.4 is 24.4 Å². The quantitative estimate of drug-likeness (QED) is 0.468. The number of aliphatic hydroxyl groups is 1. The number of para-hydroxylation sites is 1. The molecular weight excluding hydrogens is 416 g/mol. The number of phenols is 1. The summed E-state index contributed by atoms with van der Waals surface area (Å²) in [5.41, 5.74) is 0.914. The Kier molecular flexibility index (Phi) is 4.79. The fourth-order valence-corrected chi connectivity index (χ4v) is 3.96. The van der Waals surface area contributed by atoms with E-state index in [9.17, 15) is 15.0 Å². The second-order valence-corrected chi connectivity index (χ2v) is 7.38. The van der Waals surface area contributed by atoms with Gasteiger partial charge in [0.2, 0.25) is 16.9 Å². The minimum atomic E-state index is -0.846. The highest BCUT2D eigenvalue weighted by molar-refractivity contribution is 5.95. The molecule has 0 aliphatic carbocycles. The second-order valence-electron chi connectivity index (χ2n) is 7.38. The monoisotopic (exact) mass is 436 g/mol. The van der Waals surface area contributed by atoms with Crippen LogP contribution in [0.4, 0.5) is 0 Å². The molecule has 2 atom stereocenters. The first-order chi connectivity index (χ1) is 15.5. The molecule has 1 aromatic heterocycles. The summed E-state index contributed by atoms with van der Waals surface area (Å²) < 4.78 is 29.1. The molecule has 0 saturated heterocycles. The SMILES string of the molecule is COc1cc(O)cc(C2Oc3c(OC)cc4c(=O)c5ccccc5oc4c3OC2CO)c1. The number of fused-ring (bicyclic) bond motifs is 4. The van der Waals surface area contributed by atoms with E-state index in [1.54, 1.807) is 36.4 Å². The zero-order valence-electron chi connectivity index (χ0n) is 17.3. The molecule has 0 amide bonds. The molecule has 0 fully saturated rings. The molecule has 164 valence electrons. The molecular formula is C24H20O8. The van der Waals surface area contributed by atoms with E-state index in [4.69, 9.17) is 23.4 Å². The number of hydrogen-bond donors (Lipinski definition) is 2. The first-order valence-corrected chi connectivity index (χ1v) is 9.92. The van der Waals surface area contributed by atoms with Crippen molar-refractivity contribution in [1.29, 1.82) is 0 Å². The van der Waals surface area contributed by atoms with E-state index in [1.165, 1.54) is 26.4 Å². The van der Waals surface area contributed by atoms with Crippen molar-refractivity contribution in [1.82, 2.24) is 0 Å². The van der Waals surface area contributed by atoms with Crippen LogP contribution in [-0.4, -0.2) is 37.1 Å². The van der Waals surface area contributed by atoms with Crippen molar-refractivity contribution in [3.8, 4) is 28.7 Å². The normalized spacial score (nSPS) is 17.5. The molecule has 0 radical (unpaired) electrons. The van der Waals surface area contributed by atoms with Crippen LogP contribution in [-0.2, 0) is 0 Å². The lowest BCUT2D eigenvalue weighted by Crippen LogP contribution is -2.36. The third kappa shape index (κ3) is 3.07. The number of rotatable bonds is 4. The Balaban J connectivity index is 1.73. The standard InChI is InChI=1S/C24H20O8/c1-28-14-8-12(7-13(26)9-14)21-19(11-25)31-24-22-16(10-18(29-2)23(24)32-21)20(27)15-5-3-4-6-17(15)30-22/h3-10,19,21,25-26H,11H2,1-2H3. The molecule has 2 N–H and O–H groups in total. The van der Waals surface area contributed by atoms with E-state index in [0.717, 1.165) is 0 Å². The number of aliphatic hydroxyl groups excluding tert-OH is 1. The van der Waals surface area contributed by atoms with Crippen LogP contribution in [0.15, 0.2) is 57.7 Å². The van der Waals surface area contributed by atoms with Crippen LogP contribution >= 0.6 is 0 Å². The van der Waals surface area contributed by atoms with Crippen molar-refractivity contribution >= 4 is 21.9 Å². The van der Waals surface area contributed by atoms with Crippen LogP contribution in [0.3, 0.4) is 0 Å². The number of benzene rings is 3. The summed E-state index contributed by atoms with van der Waals surface area (Å²) in [6.45, 7) is -0.390. The number of aromatic hydroxyl groups is 1. The fraction of sp³-hybridized carbons (Fsp3) is 0.208. The lowest BCUT2D eigenvalue weighted by molar-refractivity contribution is -0.0134. The molecule has 32 heavy (non-hydrogen) atoms. The highest BCUT2D eigenvalue weighted by Crippen LogP contribution is 2.50. The summed E-state index contributed by atoms with van der Waals surface area (Å²) in [5.74, 6) is 1.09. The second kappa shape index (κ2) is 7.65. The van der Waals surface area contributed by atoms with E-state index in [-0.39, 0.29) is 39.4 Å². The topological polar surface area (TPSA) is 108 Å². The van der Waals surface area contributed by atoms with Gasteiger partial charge >= 0.3 is 0 Å². The summed E-state index contributed by atoms with van der Waals surface area (Å²) in [7, 11) is 2.94. The number of phenolic OH excluding ortho intramolecular Hbond substituents is 1. The molecule has 1 aliphatic rings. The minimum Gasteiger partial charge on any atom is -0.508 e.